The minimum absolute atomic E-state index is 0.156. The number of hydrogen-bond donors (Lipinski definition) is 2. The van der Waals surface area contributed by atoms with E-state index in [0.717, 1.165) is 16.7 Å². The van der Waals surface area contributed by atoms with E-state index in [2.05, 4.69) is 25.7 Å². The molecule has 1 aromatic carbocycles. The number of hydrogen-bond acceptors (Lipinski definition) is 5. The van der Waals surface area contributed by atoms with E-state index in [0.29, 0.717) is 25.5 Å². The number of aromatic nitrogens is 4. The number of nitrogens with one attached hydrogen (secondary N) is 2. The van der Waals surface area contributed by atoms with Crippen molar-refractivity contribution in [3.05, 3.63) is 71.9 Å². The van der Waals surface area contributed by atoms with Gasteiger partial charge in [-0.1, -0.05) is 30.3 Å². The summed E-state index contributed by atoms with van der Waals surface area (Å²) >= 11 is 0. The molecule has 2 amide bonds. The first-order chi connectivity index (χ1) is 13.6. The second-order valence-corrected chi connectivity index (χ2v) is 6.49. The van der Waals surface area contributed by atoms with E-state index in [-0.39, 0.29) is 12.1 Å². The summed E-state index contributed by atoms with van der Waals surface area (Å²) in [4.78, 5) is 20.5. The molecule has 0 saturated carbocycles. The van der Waals surface area contributed by atoms with Crippen LogP contribution in [0.3, 0.4) is 0 Å². The molecule has 0 radical (unpaired) electrons. The Bertz CT molecular complexity index is 895. The standard InChI is InChI=1S/C20H24N6O2/c1-15(2)28-12-18-7-4-3-6-16(18)10-23-20(27)24-11-17-8-5-9-22-19(17)26-14-21-13-25-26/h3-9,13-15H,10-12H2,1-2H3,(H2,23,24,27). The Morgan fingerprint density at radius 1 is 1.07 bits per heavy atom. The van der Waals surface area contributed by atoms with Gasteiger partial charge >= 0.3 is 6.03 Å². The fourth-order valence-electron chi connectivity index (χ4n) is 2.63. The molecule has 2 aromatic heterocycles. The molecule has 2 N–H and O–H groups in total. The van der Waals surface area contributed by atoms with Crippen molar-refractivity contribution < 1.29 is 9.53 Å². The van der Waals surface area contributed by atoms with E-state index in [4.69, 9.17) is 4.74 Å². The molecule has 3 rings (SSSR count). The molecule has 146 valence electrons. The molecule has 0 aliphatic heterocycles. The van der Waals surface area contributed by atoms with Crippen molar-refractivity contribution in [3.8, 4) is 5.82 Å². The second-order valence-electron chi connectivity index (χ2n) is 6.49. The summed E-state index contributed by atoms with van der Waals surface area (Å²) in [5.74, 6) is 0.636. The normalized spacial score (nSPS) is 10.8. The van der Waals surface area contributed by atoms with Gasteiger partial charge in [0.25, 0.3) is 0 Å². The molecular weight excluding hydrogens is 356 g/mol. The van der Waals surface area contributed by atoms with Crippen LogP contribution in [0.2, 0.25) is 0 Å². The Balaban J connectivity index is 1.55. The van der Waals surface area contributed by atoms with Crippen molar-refractivity contribution in [1.29, 1.82) is 0 Å². The SMILES string of the molecule is CC(C)OCc1ccccc1CNC(=O)NCc1cccnc1-n1cncn1. The van der Waals surface area contributed by atoms with Crippen LogP contribution in [0.1, 0.15) is 30.5 Å². The van der Waals surface area contributed by atoms with Gasteiger partial charge in [-0.3, -0.25) is 0 Å². The largest absolute Gasteiger partial charge is 0.374 e. The first-order valence-corrected chi connectivity index (χ1v) is 9.12. The van der Waals surface area contributed by atoms with Gasteiger partial charge < -0.3 is 15.4 Å². The van der Waals surface area contributed by atoms with Gasteiger partial charge in [-0.2, -0.15) is 5.10 Å². The van der Waals surface area contributed by atoms with Crippen LogP contribution in [-0.2, 0) is 24.4 Å². The molecule has 0 bridgehead atoms. The Kier molecular flexibility index (Phi) is 6.69. The maximum atomic E-state index is 12.3. The molecule has 0 aliphatic rings. The Morgan fingerprint density at radius 2 is 1.79 bits per heavy atom. The van der Waals surface area contributed by atoms with Gasteiger partial charge in [0.15, 0.2) is 5.82 Å². The molecule has 8 heteroatoms. The van der Waals surface area contributed by atoms with Gasteiger partial charge in [-0.05, 0) is 31.0 Å². The van der Waals surface area contributed by atoms with Gasteiger partial charge in [0.2, 0.25) is 0 Å². The predicted molar refractivity (Wildman–Crippen MR) is 105 cm³/mol. The Labute approximate surface area is 164 Å². The second kappa shape index (κ2) is 9.61. The lowest BCUT2D eigenvalue weighted by molar-refractivity contribution is 0.0652. The van der Waals surface area contributed by atoms with Crippen molar-refractivity contribution >= 4 is 6.03 Å². The number of rotatable bonds is 8. The van der Waals surface area contributed by atoms with Crippen LogP contribution in [0.5, 0.6) is 0 Å². The number of benzene rings is 1. The lowest BCUT2D eigenvalue weighted by Crippen LogP contribution is -2.35. The lowest BCUT2D eigenvalue weighted by Gasteiger charge is -2.14. The maximum absolute atomic E-state index is 12.3. The first-order valence-electron chi connectivity index (χ1n) is 9.12. The predicted octanol–water partition coefficient (Wildman–Crippen LogP) is 2.59. The third kappa shape index (κ3) is 5.37. The molecule has 8 nitrogen and oxygen atoms in total. The van der Waals surface area contributed by atoms with Crippen molar-refractivity contribution in [2.45, 2.75) is 39.6 Å². The fraction of sp³-hybridized carbons (Fsp3) is 0.300. The third-order valence-corrected chi connectivity index (χ3v) is 4.07. The molecular formula is C20H24N6O2. The number of ether oxygens (including phenoxy) is 1. The molecule has 0 unspecified atom stereocenters. The molecule has 28 heavy (non-hydrogen) atoms. The summed E-state index contributed by atoms with van der Waals surface area (Å²) in [7, 11) is 0. The van der Waals surface area contributed by atoms with Crippen LogP contribution in [0.25, 0.3) is 5.82 Å². The molecule has 3 aromatic rings. The van der Waals surface area contributed by atoms with Gasteiger partial charge in [0, 0.05) is 24.8 Å². The fourth-order valence-corrected chi connectivity index (χ4v) is 2.63. The van der Waals surface area contributed by atoms with E-state index in [1.807, 2.05) is 50.2 Å². The average molecular weight is 380 g/mol. The number of nitrogens with zero attached hydrogens (tertiary/aromatic N) is 4. The summed E-state index contributed by atoms with van der Waals surface area (Å²) in [6, 6.07) is 11.4. The molecule has 0 atom stereocenters. The number of carbonyl (C=O) groups is 1. The van der Waals surface area contributed by atoms with Crippen molar-refractivity contribution in [3.63, 3.8) is 0 Å². The molecule has 2 heterocycles. The lowest BCUT2D eigenvalue weighted by atomic mass is 10.1. The van der Waals surface area contributed by atoms with Crippen LogP contribution < -0.4 is 10.6 Å². The Morgan fingerprint density at radius 3 is 2.50 bits per heavy atom. The van der Waals surface area contributed by atoms with E-state index in [1.165, 1.54) is 6.33 Å². The van der Waals surface area contributed by atoms with Crippen molar-refractivity contribution in [2.24, 2.45) is 0 Å². The van der Waals surface area contributed by atoms with E-state index in [9.17, 15) is 4.79 Å². The van der Waals surface area contributed by atoms with E-state index >= 15 is 0 Å². The average Bonchev–Trinajstić information content (AvgIpc) is 3.24. The number of carbonyl (C=O) groups excluding carboxylic acids is 1. The van der Waals surface area contributed by atoms with Gasteiger partial charge in [0.05, 0.1) is 12.7 Å². The highest BCUT2D eigenvalue weighted by Gasteiger charge is 2.09. The minimum Gasteiger partial charge on any atom is -0.374 e. The molecule has 0 spiro atoms. The van der Waals surface area contributed by atoms with Crippen LogP contribution >= 0.6 is 0 Å². The highest BCUT2D eigenvalue weighted by Crippen LogP contribution is 2.12. The smallest absolute Gasteiger partial charge is 0.315 e. The number of amides is 2. The van der Waals surface area contributed by atoms with Gasteiger partial charge in [-0.25, -0.2) is 19.4 Å². The van der Waals surface area contributed by atoms with Crippen LogP contribution in [-0.4, -0.2) is 31.9 Å². The van der Waals surface area contributed by atoms with Crippen molar-refractivity contribution in [1.82, 2.24) is 30.4 Å². The Hall–Kier alpha value is -3.26. The maximum Gasteiger partial charge on any atom is 0.315 e. The zero-order valence-electron chi connectivity index (χ0n) is 16.0. The van der Waals surface area contributed by atoms with E-state index < -0.39 is 0 Å². The topological polar surface area (TPSA) is 94.0 Å². The van der Waals surface area contributed by atoms with Crippen LogP contribution in [0.15, 0.2) is 55.2 Å². The van der Waals surface area contributed by atoms with Gasteiger partial charge in [0.1, 0.15) is 12.7 Å². The summed E-state index contributed by atoms with van der Waals surface area (Å²) in [5.41, 5.74) is 2.94. The highest BCUT2D eigenvalue weighted by molar-refractivity contribution is 5.74. The quantitative estimate of drug-likeness (QED) is 0.626. The van der Waals surface area contributed by atoms with Gasteiger partial charge in [-0.15, -0.1) is 0 Å². The monoisotopic (exact) mass is 380 g/mol. The van der Waals surface area contributed by atoms with E-state index in [1.54, 1.807) is 17.2 Å². The third-order valence-electron chi connectivity index (χ3n) is 4.07. The highest BCUT2D eigenvalue weighted by atomic mass is 16.5. The summed E-state index contributed by atoms with van der Waals surface area (Å²) in [6.45, 7) is 5.27. The summed E-state index contributed by atoms with van der Waals surface area (Å²) in [6.07, 6.45) is 4.85. The zero-order valence-corrected chi connectivity index (χ0v) is 16.0. The minimum atomic E-state index is -0.257. The zero-order chi connectivity index (χ0) is 19.8. The number of pyridine rings is 1. The van der Waals surface area contributed by atoms with Crippen LogP contribution in [0, 0.1) is 0 Å². The van der Waals surface area contributed by atoms with Crippen molar-refractivity contribution in [2.75, 3.05) is 0 Å². The summed E-state index contributed by atoms with van der Waals surface area (Å²) in [5, 5.41) is 9.84. The molecule has 0 aliphatic carbocycles. The first kappa shape index (κ1) is 19.5. The molecule has 0 saturated heterocycles. The summed E-state index contributed by atoms with van der Waals surface area (Å²) < 4.78 is 7.25. The van der Waals surface area contributed by atoms with Crippen LogP contribution in [0.4, 0.5) is 4.79 Å². The molecule has 0 fully saturated rings. The number of urea groups is 1.